The summed E-state index contributed by atoms with van der Waals surface area (Å²) in [5.41, 5.74) is 0.670. The molecule has 4 heterocycles. The molecule has 8 nitrogen and oxygen atoms in total. The highest BCUT2D eigenvalue weighted by molar-refractivity contribution is 5.89. The van der Waals surface area contributed by atoms with E-state index in [0.717, 1.165) is 57.0 Å². The van der Waals surface area contributed by atoms with Crippen LogP contribution < -0.4 is 10.1 Å². The molecule has 2 aromatic heterocycles. The summed E-state index contributed by atoms with van der Waals surface area (Å²) in [6.07, 6.45) is 5.64. The Morgan fingerprint density at radius 1 is 1.24 bits per heavy atom. The highest BCUT2D eigenvalue weighted by atomic mass is 16.5. The van der Waals surface area contributed by atoms with Crippen LogP contribution in [0.1, 0.15) is 36.8 Å². The van der Waals surface area contributed by atoms with E-state index in [2.05, 4.69) is 25.1 Å². The van der Waals surface area contributed by atoms with Gasteiger partial charge in [-0.2, -0.15) is 0 Å². The first-order valence-corrected chi connectivity index (χ1v) is 8.72. The molecule has 1 fully saturated rings. The summed E-state index contributed by atoms with van der Waals surface area (Å²) in [5.74, 6) is 3.14. The van der Waals surface area contributed by atoms with Gasteiger partial charge in [-0.15, -0.1) is 10.2 Å². The number of anilines is 1. The van der Waals surface area contributed by atoms with E-state index in [9.17, 15) is 4.79 Å². The van der Waals surface area contributed by atoms with Crippen molar-refractivity contribution < 1.29 is 9.53 Å². The van der Waals surface area contributed by atoms with Gasteiger partial charge in [0.25, 0.3) is 0 Å². The second-order valence-electron chi connectivity index (χ2n) is 6.51. The molecule has 132 valence electrons. The zero-order valence-corrected chi connectivity index (χ0v) is 14.3. The number of methoxy groups -OCH3 is 1. The van der Waals surface area contributed by atoms with Gasteiger partial charge < -0.3 is 19.5 Å². The Kier molecular flexibility index (Phi) is 4.25. The topological polar surface area (TPSA) is 85.2 Å². The number of fused-ring (bicyclic) bond motifs is 1. The van der Waals surface area contributed by atoms with E-state index in [-0.39, 0.29) is 6.03 Å². The average Bonchev–Trinajstić information content (AvgIpc) is 3.26. The van der Waals surface area contributed by atoms with Crippen molar-refractivity contribution in [2.24, 2.45) is 0 Å². The van der Waals surface area contributed by atoms with Crippen LogP contribution in [-0.4, -0.2) is 50.9 Å². The van der Waals surface area contributed by atoms with Gasteiger partial charge in [0.2, 0.25) is 5.88 Å². The van der Waals surface area contributed by atoms with E-state index < -0.39 is 0 Å². The molecule has 0 bridgehead atoms. The zero-order valence-electron chi connectivity index (χ0n) is 14.3. The molecule has 0 atom stereocenters. The first kappa shape index (κ1) is 15.9. The normalized spacial score (nSPS) is 17.4. The predicted molar refractivity (Wildman–Crippen MR) is 91.7 cm³/mol. The van der Waals surface area contributed by atoms with Crippen LogP contribution in [-0.2, 0) is 13.0 Å². The van der Waals surface area contributed by atoms with E-state index in [1.165, 1.54) is 0 Å². The van der Waals surface area contributed by atoms with E-state index in [1.807, 2.05) is 4.90 Å². The highest BCUT2D eigenvalue weighted by Gasteiger charge is 2.29. The Labute approximate surface area is 146 Å². The first-order valence-electron chi connectivity index (χ1n) is 8.72. The highest BCUT2D eigenvalue weighted by Crippen LogP contribution is 2.29. The number of aryl methyl sites for hydroxylation is 1. The molecule has 0 spiro atoms. The van der Waals surface area contributed by atoms with Crippen LogP contribution in [0.15, 0.2) is 18.3 Å². The van der Waals surface area contributed by atoms with Crippen LogP contribution in [0.3, 0.4) is 0 Å². The number of amides is 2. The minimum Gasteiger partial charge on any atom is -0.481 e. The van der Waals surface area contributed by atoms with E-state index in [4.69, 9.17) is 4.74 Å². The van der Waals surface area contributed by atoms with E-state index >= 15 is 0 Å². The molecule has 8 heteroatoms. The number of carbonyl (C=O) groups is 1. The molecule has 0 saturated carbocycles. The Bertz CT molecular complexity index is 749. The largest absolute Gasteiger partial charge is 0.481 e. The van der Waals surface area contributed by atoms with Gasteiger partial charge in [-0.05, 0) is 25.3 Å². The summed E-state index contributed by atoms with van der Waals surface area (Å²) < 4.78 is 7.29. The van der Waals surface area contributed by atoms with Crippen LogP contribution in [0.5, 0.6) is 5.88 Å². The van der Waals surface area contributed by atoms with Gasteiger partial charge in [-0.25, -0.2) is 9.78 Å². The summed E-state index contributed by atoms with van der Waals surface area (Å²) in [6.45, 7) is 2.48. The third-order valence-corrected chi connectivity index (χ3v) is 4.98. The average molecular weight is 342 g/mol. The van der Waals surface area contributed by atoms with Crippen molar-refractivity contribution >= 4 is 11.7 Å². The maximum absolute atomic E-state index is 12.4. The molecule has 25 heavy (non-hydrogen) atoms. The minimum atomic E-state index is -0.0862. The smallest absolute Gasteiger partial charge is 0.321 e. The lowest BCUT2D eigenvalue weighted by molar-refractivity contribution is 0.193. The second kappa shape index (κ2) is 6.70. The molecule has 4 rings (SSSR count). The Morgan fingerprint density at radius 2 is 2.08 bits per heavy atom. The van der Waals surface area contributed by atoms with Gasteiger partial charge >= 0.3 is 6.03 Å². The lowest BCUT2D eigenvalue weighted by atomic mass is 9.96. The fourth-order valence-corrected chi connectivity index (χ4v) is 3.59. The van der Waals surface area contributed by atoms with Crippen molar-refractivity contribution in [2.75, 3.05) is 25.5 Å². The molecule has 0 aliphatic carbocycles. The van der Waals surface area contributed by atoms with Gasteiger partial charge in [-0.1, -0.05) is 0 Å². The SMILES string of the molecule is COc1ccc(NC(=O)N2CCC(c3nnc4n3CCC4)CC2)cn1. The van der Waals surface area contributed by atoms with Crippen molar-refractivity contribution in [1.82, 2.24) is 24.6 Å². The summed E-state index contributed by atoms with van der Waals surface area (Å²) in [7, 11) is 1.57. The van der Waals surface area contributed by atoms with Crippen LogP contribution in [0.4, 0.5) is 10.5 Å². The monoisotopic (exact) mass is 342 g/mol. The molecule has 1 N–H and O–H groups in total. The summed E-state index contributed by atoms with van der Waals surface area (Å²) >= 11 is 0. The molecule has 2 aromatic rings. The van der Waals surface area contributed by atoms with Gasteiger partial charge in [0.05, 0.1) is 19.0 Å². The Hall–Kier alpha value is -2.64. The number of aromatic nitrogens is 4. The molecule has 1 saturated heterocycles. The fraction of sp³-hybridized carbons (Fsp3) is 0.529. The first-order chi connectivity index (χ1) is 12.2. The Morgan fingerprint density at radius 3 is 2.80 bits per heavy atom. The number of ether oxygens (including phenoxy) is 1. The minimum absolute atomic E-state index is 0.0862. The molecular weight excluding hydrogens is 320 g/mol. The van der Waals surface area contributed by atoms with Crippen molar-refractivity contribution in [2.45, 2.75) is 38.1 Å². The molecule has 0 radical (unpaired) electrons. The van der Waals surface area contributed by atoms with Crippen molar-refractivity contribution in [3.8, 4) is 5.88 Å². The number of likely N-dealkylation sites (tertiary alicyclic amines) is 1. The van der Waals surface area contributed by atoms with Gasteiger partial charge in [0.1, 0.15) is 11.6 Å². The van der Waals surface area contributed by atoms with Crippen LogP contribution in [0.2, 0.25) is 0 Å². The summed E-state index contributed by atoms with van der Waals surface area (Å²) in [5, 5.41) is 11.6. The molecule has 2 aliphatic rings. The third-order valence-electron chi connectivity index (χ3n) is 4.98. The maximum Gasteiger partial charge on any atom is 0.321 e. The van der Waals surface area contributed by atoms with Gasteiger partial charge in [0.15, 0.2) is 0 Å². The fourth-order valence-electron chi connectivity index (χ4n) is 3.59. The van der Waals surface area contributed by atoms with Gasteiger partial charge in [-0.3, -0.25) is 0 Å². The van der Waals surface area contributed by atoms with Crippen LogP contribution in [0, 0.1) is 0 Å². The Balaban J connectivity index is 1.34. The third kappa shape index (κ3) is 3.16. The second-order valence-corrected chi connectivity index (χ2v) is 6.51. The summed E-state index contributed by atoms with van der Waals surface area (Å²) in [6, 6.07) is 3.43. The summed E-state index contributed by atoms with van der Waals surface area (Å²) in [4.78, 5) is 18.4. The number of rotatable bonds is 3. The van der Waals surface area contributed by atoms with Crippen molar-refractivity contribution in [1.29, 1.82) is 0 Å². The van der Waals surface area contributed by atoms with Crippen molar-refractivity contribution in [3.63, 3.8) is 0 Å². The molecule has 0 unspecified atom stereocenters. The molecule has 0 aromatic carbocycles. The number of hydrogen-bond acceptors (Lipinski definition) is 5. The molecule has 2 aliphatic heterocycles. The van der Waals surface area contributed by atoms with Gasteiger partial charge in [0, 0.05) is 38.0 Å². The van der Waals surface area contributed by atoms with E-state index in [1.54, 1.807) is 25.4 Å². The lowest BCUT2D eigenvalue weighted by Gasteiger charge is -2.31. The number of piperidine rings is 1. The quantitative estimate of drug-likeness (QED) is 0.922. The number of nitrogens with one attached hydrogen (secondary N) is 1. The molecular formula is C17H22N6O2. The maximum atomic E-state index is 12.4. The number of nitrogens with zero attached hydrogens (tertiary/aromatic N) is 5. The van der Waals surface area contributed by atoms with Crippen LogP contribution >= 0.6 is 0 Å². The van der Waals surface area contributed by atoms with E-state index in [0.29, 0.717) is 17.5 Å². The molecule has 2 amide bonds. The number of urea groups is 1. The number of pyridine rings is 1. The number of hydrogen-bond donors (Lipinski definition) is 1. The van der Waals surface area contributed by atoms with Crippen molar-refractivity contribution in [3.05, 3.63) is 30.0 Å². The van der Waals surface area contributed by atoms with Crippen LogP contribution in [0.25, 0.3) is 0 Å². The predicted octanol–water partition coefficient (Wildman–Crippen LogP) is 2.04. The number of carbonyl (C=O) groups excluding carboxylic acids is 1. The lowest BCUT2D eigenvalue weighted by Crippen LogP contribution is -2.41. The zero-order chi connectivity index (χ0) is 17.2. The standard InChI is InChI=1S/C17H22N6O2/c1-25-15-5-4-13(11-18-15)19-17(24)22-9-6-12(7-10-22)16-21-20-14-3-2-8-23(14)16/h4-5,11-12H,2-3,6-10H2,1H3,(H,19,24).